The minimum atomic E-state index is 0.648. The Bertz CT molecular complexity index is 400. The van der Waals surface area contributed by atoms with Crippen molar-refractivity contribution in [3.05, 3.63) is 29.3 Å². The van der Waals surface area contributed by atoms with Crippen LogP contribution >= 0.6 is 0 Å². The highest BCUT2D eigenvalue weighted by Gasteiger charge is 2.13. The van der Waals surface area contributed by atoms with Crippen molar-refractivity contribution in [2.24, 2.45) is 5.92 Å². The van der Waals surface area contributed by atoms with E-state index < -0.39 is 0 Å². The van der Waals surface area contributed by atoms with Gasteiger partial charge >= 0.3 is 0 Å². The summed E-state index contributed by atoms with van der Waals surface area (Å²) in [6, 6.07) is 7.35. The third kappa shape index (κ3) is 4.24. The number of nitrogens with one attached hydrogen (secondary N) is 1. The second-order valence-electron chi connectivity index (χ2n) is 5.96. The summed E-state index contributed by atoms with van der Waals surface area (Å²) < 4.78 is 5.56. The Morgan fingerprint density at radius 3 is 2.89 bits per heavy atom. The molecule has 2 nitrogen and oxygen atoms in total. The number of hydrogen-bond donors (Lipinski definition) is 1. The van der Waals surface area contributed by atoms with Gasteiger partial charge in [-0.2, -0.15) is 0 Å². The first-order valence-corrected chi connectivity index (χ1v) is 7.67. The summed E-state index contributed by atoms with van der Waals surface area (Å²) in [7, 11) is 0. The first-order chi connectivity index (χ1) is 9.19. The van der Waals surface area contributed by atoms with Crippen LogP contribution in [0.15, 0.2) is 18.2 Å². The third-order valence-corrected chi connectivity index (χ3v) is 3.78. The number of ether oxygens (including phenoxy) is 1. The zero-order valence-corrected chi connectivity index (χ0v) is 12.5. The first kappa shape index (κ1) is 14.4. The van der Waals surface area contributed by atoms with Gasteiger partial charge in [0.05, 0.1) is 6.61 Å². The van der Waals surface area contributed by atoms with Crippen LogP contribution in [0.2, 0.25) is 0 Å². The number of fused-ring (bicyclic) bond motifs is 1. The van der Waals surface area contributed by atoms with E-state index in [9.17, 15) is 0 Å². The minimum absolute atomic E-state index is 0.648. The normalized spacial score (nSPS) is 15.4. The van der Waals surface area contributed by atoms with Gasteiger partial charge in [0, 0.05) is 12.5 Å². The Balaban J connectivity index is 1.89. The van der Waals surface area contributed by atoms with Crippen LogP contribution in [0.4, 0.5) is 0 Å². The van der Waals surface area contributed by atoms with Crippen molar-refractivity contribution in [1.29, 1.82) is 0 Å². The topological polar surface area (TPSA) is 21.3 Å². The second-order valence-corrected chi connectivity index (χ2v) is 5.96. The van der Waals surface area contributed by atoms with Crippen molar-refractivity contribution < 1.29 is 4.74 Å². The van der Waals surface area contributed by atoms with E-state index in [1.54, 1.807) is 0 Å². The molecule has 2 rings (SSSR count). The molecule has 0 spiro atoms. The maximum atomic E-state index is 5.56. The number of hydrogen-bond acceptors (Lipinski definition) is 2. The van der Waals surface area contributed by atoms with Crippen molar-refractivity contribution in [2.45, 2.75) is 52.5 Å². The lowest BCUT2D eigenvalue weighted by atomic mass is 9.96. The molecule has 106 valence electrons. The minimum Gasteiger partial charge on any atom is -0.493 e. The highest BCUT2D eigenvalue weighted by Crippen LogP contribution is 2.26. The Labute approximate surface area is 117 Å². The fourth-order valence-electron chi connectivity index (χ4n) is 2.90. The zero-order chi connectivity index (χ0) is 13.7. The molecule has 1 aliphatic rings. The lowest BCUT2D eigenvalue weighted by molar-refractivity contribution is 0.357. The molecule has 0 fully saturated rings. The van der Waals surface area contributed by atoms with Gasteiger partial charge in [-0.15, -0.1) is 0 Å². The average molecular weight is 261 g/mol. The van der Waals surface area contributed by atoms with Crippen molar-refractivity contribution in [1.82, 2.24) is 5.32 Å². The summed E-state index contributed by atoms with van der Waals surface area (Å²) in [5, 5.41) is 3.61. The molecule has 1 atom stereocenters. The van der Waals surface area contributed by atoms with Crippen molar-refractivity contribution in [2.75, 3.05) is 13.2 Å². The molecule has 1 N–H and O–H groups in total. The summed E-state index contributed by atoms with van der Waals surface area (Å²) >= 11 is 0. The molecular formula is C17H27NO. The summed E-state index contributed by atoms with van der Waals surface area (Å²) in [4.78, 5) is 0. The molecule has 0 bridgehead atoms. The van der Waals surface area contributed by atoms with E-state index in [4.69, 9.17) is 4.74 Å². The molecule has 0 aliphatic carbocycles. The Morgan fingerprint density at radius 2 is 2.16 bits per heavy atom. The molecule has 1 aliphatic heterocycles. The Morgan fingerprint density at radius 1 is 1.32 bits per heavy atom. The Hall–Kier alpha value is -1.02. The fourth-order valence-corrected chi connectivity index (χ4v) is 2.90. The maximum Gasteiger partial charge on any atom is 0.122 e. The largest absolute Gasteiger partial charge is 0.493 e. The van der Waals surface area contributed by atoms with Crippen molar-refractivity contribution in [3.63, 3.8) is 0 Å². The molecule has 1 aromatic rings. The highest BCUT2D eigenvalue weighted by molar-refractivity contribution is 5.39. The van der Waals surface area contributed by atoms with Crippen LogP contribution in [0.1, 0.15) is 44.7 Å². The fraction of sp³-hybridized carbons (Fsp3) is 0.647. The molecular weight excluding hydrogens is 234 g/mol. The van der Waals surface area contributed by atoms with Gasteiger partial charge in [-0.25, -0.2) is 0 Å². The molecule has 0 amide bonds. The monoisotopic (exact) mass is 261 g/mol. The van der Waals surface area contributed by atoms with Crippen LogP contribution in [0.3, 0.4) is 0 Å². The van der Waals surface area contributed by atoms with E-state index in [1.807, 2.05) is 0 Å². The molecule has 0 aromatic heterocycles. The van der Waals surface area contributed by atoms with E-state index in [0.29, 0.717) is 6.04 Å². The van der Waals surface area contributed by atoms with Crippen LogP contribution in [0.5, 0.6) is 5.75 Å². The number of benzene rings is 1. The van der Waals surface area contributed by atoms with Gasteiger partial charge in [0.25, 0.3) is 0 Å². The molecule has 2 heteroatoms. The predicted molar refractivity (Wildman–Crippen MR) is 80.9 cm³/mol. The number of rotatable bonds is 7. The molecule has 0 saturated heterocycles. The van der Waals surface area contributed by atoms with E-state index in [0.717, 1.165) is 37.7 Å². The molecule has 0 radical (unpaired) electrons. The van der Waals surface area contributed by atoms with E-state index >= 15 is 0 Å². The summed E-state index contributed by atoms with van der Waals surface area (Å²) in [6.45, 7) is 8.72. The quantitative estimate of drug-likeness (QED) is 0.810. The van der Waals surface area contributed by atoms with E-state index in [2.05, 4.69) is 44.3 Å². The van der Waals surface area contributed by atoms with Crippen LogP contribution in [0.25, 0.3) is 0 Å². The molecule has 1 aromatic carbocycles. The molecule has 1 unspecified atom stereocenters. The summed E-state index contributed by atoms with van der Waals surface area (Å²) in [5.41, 5.74) is 2.84. The first-order valence-electron chi connectivity index (χ1n) is 7.67. The van der Waals surface area contributed by atoms with Crippen molar-refractivity contribution >= 4 is 0 Å². The summed E-state index contributed by atoms with van der Waals surface area (Å²) in [6.07, 6.45) is 4.73. The third-order valence-electron chi connectivity index (χ3n) is 3.78. The van der Waals surface area contributed by atoms with Gasteiger partial charge < -0.3 is 10.1 Å². The van der Waals surface area contributed by atoms with Crippen LogP contribution < -0.4 is 10.1 Å². The Kier molecular flexibility index (Phi) is 5.26. The van der Waals surface area contributed by atoms with Gasteiger partial charge in [-0.3, -0.25) is 0 Å². The van der Waals surface area contributed by atoms with Gasteiger partial charge in [0.2, 0.25) is 0 Å². The summed E-state index contributed by atoms with van der Waals surface area (Å²) in [5.74, 6) is 1.85. The predicted octanol–water partition coefficient (Wildman–Crippen LogP) is 3.58. The van der Waals surface area contributed by atoms with Gasteiger partial charge in [-0.05, 0) is 48.9 Å². The molecule has 0 saturated carbocycles. The van der Waals surface area contributed by atoms with Gasteiger partial charge in [-0.1, -0.05) is 32.9 Å². The van der Waals surface area contributed by atoms with Gasteiger partial charge in [0.15, 0.2) is 0 Å². The number of aryl methyl sites for hydroxylation is 1. The lowest BCUT2D eigenvalue weighted by Gasteiger charge is -2.20. The lowest BCUT2D eigenvalue weighted by Crippen LogP contribution is -2.30. The maximum absolute atomic E-state index is 5.56. The highest BCUT2D eigenvalue weighted by atomic mass is 16.5. The second kappa shape index (κ2) is 6.95. The standard InChI is InChI=1S/C17H27NO/c1-4-18-16(11-13(2)3)7-5-14-6-8-17-15(12-14)9-10-19-17/h6,8,12-13,16,18H,4-5,7,9-11H2,1-3H3. The van der Waals surface area contributed by atoms with E-state index in [1.165, 1.54) is 24.0 Å². The van der Waals surface area contributed by atoms with Crippen molar-refractivity contribution in [3.8, 4) is 5.75 Å². The van der Waals surface area contributed by atoms with Crippen LogP contribution in [-0.2, 0) is 12.8 Å². The SMILES string of the molecule is CCNC(CCc1ccc2c(c1)CCO2)CC(C)C. The average Bonchev–Trinajstić information content (AvgIpc) is 2.83. The van der Waals surface area contributed by atoms with Crippen LogP contribution in [0, 0.1) is 5.92 Å². The smallest absolute Gasteiger partial charge is 0.122 e. The zero-order valence-electron chi connectivity index (χ0n) is 12.5. The van der Waals surface area contributed by atoms with E-state index in [-0.39, 0.29) is 0 Å². The molecule has 19 heavy (non-hydrogen) atoms. The van der Waals surface area contributed by atoms with Crippen LogP contribution in [-0.4, -0.2) is 19.2 Å². The molecule has 1 heterocycles. The van der Waals surface area contributed by atoms with Gasteiger partial charge in [0.1, 0.15) is 5.75 Å².